The quantitative estimate of drug-likeness (QED) is 0.889. The third kappa shape index (κ3) is 2.09. The molecule has 2 fully saturated rings. The van der Waals surface area contributed by atoms with E-state index in [9.17, 15) is 9.90 Å². The number of allylic oxidation sites excluding steroid dienone is 2. The molecule has 3 aliphatic rings. The predicted molar refractivity (Wildman–Crippen MR) is 85.4 cm³/mol. The van der Waals surface area contributed by atoms with Crippen LogP contribution in [0.5, 0.6) is 0 Å². The van der Waals surface area contributed by atoms with Crippen LogP contribution in [0.3, 0.4) is 0 Å². The minimum absolute atomic E-state index is 0.0415. The molecule has 0 saturated carbocycles. The summed E-state index contributed by atoms with van der Waals surface area (Å²) in [5, 5.41) is 12.9. The summed E-state index contributed by atoms with van der Waals surface area (Å²) in [7, 11) is 0. The maximum absolute atomic E-state index is 12.0. The third-order valence-corrected chi connectivity index (χ3v) is 5.36. The van der Waals surface area contributed by atoms with Crippen LogP contribution in [0, 0.1) is 0 Å². The highest BCUT2D eigenvalue weighted by Gasteiger charge is 2.52. The number of nitrogens with one attached hydrogen (secondary N) is 1. The number of nitrogens with zero attached hydrogens (tertiary/aromatic N) is 1. The molecule has 0 aromatic heterocycles. The minimum Gasteiger partial charge on any atom is -0.394 e. The van der Waals surface area contributed by atoms with Crippen molar-refractivity contribution in [2.24, 2.45) is 0 Å². The van der Waals surface area contributed by atoms with Gasteiger partial charge < -0.3 is 15.3 Å². The first kappa shape index (κ1) is 14.0. The van der Waals surface area contributed by atoms with E-state index in [4.69, 9.17) is 0 Å². The van der Waals surface area contributed by atoms with Crippen molar-refractivity contribution in [3.63, 3.8) is 0 Å². The molecule has 1 amide bonds. The number of carbonyl (C=O) groups excluding carboxylic acids is 1. The smallest absolute Gasteiger partial charge is 0.237 e. The first-order valence-electron chi connectivity index (χ1n) is 8.21. The molecule has 22 heavy (non-hydrogen) atoms. The highest BCUT2D eigenvalue weighted by atomic mass is 16.3. The number of hydrogen-bond acceptors (Lipinski definition) is 3. The van der Waals surface area contributed by atoms with Crippen molar-refractivity contribution in [1.29, 1.82) is 0 Å². The Bertz CT molecular complexity index is 602. The Morgan fingerprint density at radius 2 is 2.09 bits per heavy atom. The van der Waals surface area contributed by atoms with Gasteiger partial charge in [-0.25, -0.2) is 0 Å². The molecular formula is C18H22N2O2. The largest absolute Gasteiger partial charge is 0.394 e. The Morgan fingerprint density at radius 1 is 1.27 bits per heavy atom. The van der Waals surface area contributed by atoms with Gasteiger partial charge in [0.2, 0.25) is 5.91 Å². The number of amides is 1. The first-order valence-corrected chi connectivity index (χ1v) is 8.21. The first-order chi connectivity index (χ1) is 10.8. The van der Waals surface area contributed by atoms with Crippen LogP contribution in [-0.2, 0) is 4.79 Å². The summed E-state index contributed by atoms with van der Waals surface area (Å²) in [6, 6.07) is 8.88. The lowest BCUT2D eigenvalue weighted by atomic mass is 9.74. The Morgan fingerprint density at radius 3 is 2.77 bits per heavy atom. The molecule has 1 aliphatic carbocycles. The topological polar surface area (TPSA) is 52.6 Å². The zero-order valence-corrected chi connectivity index (χ0v) is 12.7. The van der Waals surface area contributed by atoms with E-state index in [-0.39, 0.29) is 30.5 Å². The van der Waals surface area contributed by atoms with E-state index in [2.05, 4.69) is 35.7 Å². The van der Waals surface area contributed by atoms with Crippen LogP contribution >= 0.6 is 0 Å². The van der Waals surface area contributed by atoms with Crippen LogP contribution in [-0.4, -0.2) is 47.7 Å². The molecule has 2 N–H and O–H groups in total. The van der Waals surface area contributed by atoms with E-state index in [0.29, 0.717) is 6.54 Å². The Kier molecular flexibility index (Phi) is 3.51. The number of rotatable bonds is 3. The second-order valence-corrected chi connectivity index (χ2v) is 6.52. The molecule has 3 atom stereocenters. The second-order valence-electron chi connectivity index (χ2n) is 6.52. The Balaban J connectivity index is 1.57. The fourth-order valence-corrected chi connectivity index (χ4v) is 4.26. The van der Waals surface area contributed by atoms with Gasteiger partial charge in [-0.2, -0.15) is 0 Å². The van der Waals surface area contributed by atoms with E-state index in [0.717, 1.165) is 6.54 Å². The van der Waals surface area contributed by atoms with Gasteiger partial charge >= 0.3 is 0 Å². The van der Waals surface area contributed by atoms with E-state index in [1.807, 2.05) is 4.90 Å². The molecule has 116 valence electrons. The van der Waals surface area contributed by atoms with Gasteiger partial charge in [0.1, 0.15) is 0 Å². The normalized spacial score (nSPS) is 30.8. The fraction of sp³-hybridized carbons (Fsp3) is 0.500. The highest BCUT2D eigenvalue weighted by Crippen LogP contribution is 2.41. The van der Waals surface area contributed by atoms with E-state index in [1.54, 1.807) is 0 Å². The molecule has 1 aromatic carbocycles. The minimum atomic E-state index is -0.0591. The number of benzene rings is 1. The molecule has 0 radical (unpaired) electrons. The average Bonchev–Trinajstić information content (AvgIpc) is 3.04. The predicted octanol–water partition coefficient (Wildman–Crippen LogP) is 1.51. The summed E-state index contributed by atoms with van der Waals surface area (Å²) in [6.45, 7) is 1.26. The number of aliphatic hydroxyl groups is 1. The number of fused-ring (bicyclic) bond motifs is 1. The van der Waals surface area contributed by atoms with Gasteiger partial charge in [-0.15, -0.1) is 0 Å². The molecule has 4 rings (SSSR count). The summed E-state index contributed by atoms with van der Waals surface area (Å²) in [4.78, 5) is 13.8. The van der Waals surface area contributed by atoms with Crippen LogP contribution in [0.4, 0.5) is 0 Å². The van der Waals surface area contributed by atoms with Gasteiger partial charge in [0.05, 0.1) is 25.2 Å². The summed E-state index contributed by atoms with van der Waals surface area (Å²) >= 11 is 0. The fourth-order valence-electron chi connectivity index (χ4n) is 4.26. The van der Waals surface area contributed by atoms with Crippen molar-refractivity contribution in [3.8, 4) is 0 Å². The van der Waals surface area contributed by atoms with Crippen molar-refractivity contribution in [2.45, 2.75) is 37.3 Å². The van der Waals surface area contributed by atoms with Crippen LogP contribution < -0.4 is 5.32 Å². The molecule has 4 heteroatoms. The molecule has 0 bridgehead atoms. The maximum Gasteiger partial charge on any atom is 0.237 e. The van der Waals surface area contributed by atoms with Gasteiger partial charge in [-0.05, 0) is 36.0 Å². The zero-order chi connectivity index (χ0) is 15.1. The molecule has 0 unspecified atom stereocenters. The SMILES string of the molecule is O=C1CNC[C@H]2[C@@H](c3ccc(C4=CCCC4)cc3)[C@@H](CO)N12. The maximum atomic E-state index is 12.0. The Labute approximate surface area is 130 Å². The summed E-state index contributed by atoms with van der Waals surface area (Å²) in [5.41, 5.74) is 4.00. The van der Waals surface area contributed by atoms with Crippen LogP contribution in [0.2, 0.25) is 0 Å². The molecule has 0 spiro atoms. The lowest BCUT2D eigenvalue weighted by Crippen LogP contribution is -2.72. The number of carbonyl (C=O) groups is 1. The molecule has 1 aromatic rings. The van der Waals surface area contributed by atoms with E-state index in [1.165, 1.54) is 36.0 Å². The zero-order valence-electron chi connectivity index (χ0n) is 12.7. The summed E-state index contributed by atoms with van der Waals surface area (Å²) in [5.74, 6) is 0.354. The average molecular weight is 298 g/mol. The number of piperazine rings is 1. The summed E-state index contributed by atoms with van der Waals surface area (Å²) in [6.07, 6.45) is 5.96. The lowest BCUT2D eigenvalue weighted by molar-refractivity contribution is -0.153. The van der Waals surface area contributed by atoms with Crippen molar-refractivity contribution in [2.75, 3.05) is 19.7 Å². The standard InChI is InChI=1S/C18H22N2O2/c21-11-16-18(15-9-19-10-17(22)20(15)16)14-7-5-13(6-8-14)12-3-1-2-4-12/h3,5-8,15-16,18-19,21H,1-2,4,9-11H2/t15-,16+,18+/m0/s1. The van der Waals surface area contributed by atoms with E-state index >= 15 is 0 Å². The molecule has 2 heterocycles. The molecular weight excluding hydrogens is 276 g/mol. The van der Waals surface area contributed by atoms with Crippen molar-refractivity contribution < 1.29 is 9.90 Å². The van der Waals surface area contributed by atoms with Crippen molar-refractivity contribution in [1.82, 2.24) is 10.2 Å². The number of hydrogen-bond donors (Lipinski definition) is 2. The monoisotopic (exact) mass is 298 g/mol. The van der Waals surface area contributed by atoms with Gasteiger partial charge in [-0.3, -0.25) is 4.79 Å². The van der Waals surface area contributed by atoms with Crippen molar-refractivity contribution >= 4 is 11.5 Å². The Hall–Kier alpha value is -1.65. The van der Waals surface area contributed by atoms with Crippen LogP contribution in [0.15, 0.2) is 30.3 Å². The van der Waals surface area contributed by atoms with Gasteiger partial charge in [0, 0.05) is 12.5 Å². The molecule has 4 nitrogen and oxygen atoms in total. The van der Waals surface area contributed by atoms with Gasteiger partial charge in [-0.1, -0.05) is 30.3 Å². The number of aliphatic hydroxyl groups excluding tert-OH is 1. The summed E-state index contributed by atoms with van der Waals surface area (Å²) < 4.78 is 0. The highest BCUT2D eigenvalue weighted by molar-refractivity contribution is 5.81. The van der Waals surface area contributed by atoms with Crippen molar-refractivity contribution in [3.05, 3.63) is 41.5 Å². The van der Waals surface area contributed by atoms with Crippen LogP contribution in [0.25, 0.3) is 5.57 Å². The second kappa shape index (κ2) is 5.52. The van der Waals surface area contributed by atoms with Crippen LogP contribution in [0.1, 0.15) is 36.3 Å². The molecule has 2 saturated heterocycles. The molecule has 2 aliphatic heterocycles. The third-order valence-electron chi connectivity index (χ3n) is 5.36. The lowest BCUT2D eigenvalue weighted by Gasteiger charge is -2.57. The van der Waals surface area contributed by atoms with Gasteiger partial charge in [0.15, 0.2) is 0 Å². The van der Waals surface area contributed by atoms with E-state index < -0.39 is 0 Å². The van der Waals surface area contributed by atoms with Gasteiger partial charge in [0.25, 0.3) is 0 Å².